The average Bonchev–Trinajstić information content (AvgIpc) is 2.54. The monoisotopic (exact) mass is 400 g/mol. The molecule has 0 saturated heterocycles. The minimum atomic E-state index is -3.74. The Morgan fingerprint density at radius 3 is 2.32 bits per heavy atom. The van der Waals surface area contributed by atoms with Crippen LogP contribution < -0.4 is 0 Å². The summed E-state index contributed by atoms with van der Waals surface area (Å²) in [5.74, 6) is -0.313. The van der Waals surface area contributed by atoms with Crippen molar-refractivity contribution in [3.63, 3.8) is 0 Å². The van der Waals surface area contributed by atoms with Crippen LogP contribution in [0, 0.1) is 0 Å². The zero-order valence-electron chi connectivity index (χ0n) is 14.0. The van der Waals surface area contributed by atoms with Crippen LogP contribution >= 0.6 is 23.2 Å². The Bertz CT molecular complexity index is 899. The van der Waals surface area contributed by atoms with Gasteiger partial charge >= 0.3 is 0 Å². The van der Waals surface area contributed by atoms with Gasteiger partial charge in [0.05, 0.1) is 5.02 Å². The Morgan fingerprint density at radius 2 is 1.72 bits per heavy atom. The zero-order valence-corrected chi connectivity index (χ0v) is 16.4. The Morgan fingerprint density at radius 1 is 1.04 bits per heavy atom. The Balaban J connectivity index is 2.30. The van der Waals surface area contributed by atoms with Crippen LogP contribution in [0.3, 0.4) is 0 Å². The van der Waals surface area contributed by atoms with E-state index in [1.165, 1.54) is 37.2 Å². The fourth-order valence-corrected chi connectivity index (χ4v) is 3.84. The summed E-state index contributed by atoms with van der Waals surface area (Å²) < 4.78 is 25.7. The maximum Gasteiger partial charge on any atom is 0.253 e. The molecule has 0 heterocycles. The van der Waals surface area contributed by atoms with Gasteiger partial charge in [0, 0.05) is 38.3 Å². The lowest BCUT2D eigenvalue weighted by Crippen LogP contribution is -2.27. The summed E-state index contributed by atoms with van der Waals surface area (Å²) in [6.07, 6.45) is 0. The van der Waals surface area contributed by atoms with E-state index in [0.29, 0.717) is 11.6 Å². The summed E-state index contributed by atoms with van der Waals surface area (Å²) in [7, 11) is 0.713. The molecule has 0 aliphatic rings. The number of halogens is 2. The molecule has 0 aliphatic heterocycles. The summed E-state index contributed by atoms with van der Waals surface area (Å²) in [4.78, 5) is 14.0. The van der Waals surface area contributed by atoms with Gasteiger partial charge in [-0.25, -0.2) is 12.7 Å². The van der Waals surface area contributed by atoms with Crippen LogP contribution in [0.25, 0.3) is 0 Å². The normalized spacial score (nSPS) is 11.6. The van der Waals surface area contributed by atoms with E-state index in [1.807, 2.05) is 6.07 Å². The molecule has 2 aromatic carbocycles. The highest BCUT2D eigenvalue weighted by atomic mass is 35.5. The molecule has 1 amide bonds. The number of nitrogens with zero attached hydrogens (tertiary/aromatic N) is 2. The molecule has 0 saturated carbocycles. The fraction of sp³-hybridized carbons (Fsp3) is 0.235. The minimum Gasteiger partial charge on any atom is -0.337 e. The highest BCUT2D eigenvalue weighted by Crippen LogP contribution is 2.25. The van der Waals surface area contributed by atoms with Crippen molar-refractivity contribution in [3.8, 4) is 0 Å². The van der Waals surface area contributed by atoms with Crippen LogP contribution in [0.5, 0.6) is 0 Å². The third-order valence-electron chi connectivity index (χ3n) is 3.59. The summed E-state index contributed by atoms with van der Waals surface area (Å²) >= 11 is 12.0. The van der Waals surface area contributed by atoms with E-state index < -0.39 is 10.0 Å². The second kappa shape index (κ2) is 7.74. The lowest BCUT2D eigenvalue weighted by molar-refractivity contribution is 0.0785. The Hall–Kier alpha value is -1.60. The van der Waals surface area contributed by atoms with Crippen molar-refractivity contribution in [2.75, 3.05) is 21.1 Å². The van der Waals surface area contributed by atoms with Crippen molar-refractivity contribution in [1.82, 2.24) is 9.21 Å². The average molecular weight is 401 g/mol. The molecule has 0 fully saturated rings. The standard InChI is InChI=1S/C17H18Cl2N2O3S/c1-20(2)25(23,24)16-10-13(7-8-15(16)19)17(22)21(3)11-12-5-4-6-14(18)9-12/h4-10H,11H2,1-3H3. The van der Waals surface area contributed by atoms with Crippen LogP contribution in [0.15, 0.2) is 47.4 Å². The van der Waals surface area contributed by atoms with E-state index in [9.17, 15) is 13.2 Å². The van der Waals surface area contributed by atoms with Gasteiger partial charge in [-0.05, 0) is 35.9 Å². The molecule has 134 valence electrons. The molecule has 2 rings (SSSR count). The first-order chi connectivity index (χ1) is 11.6. The zero-order chi connectivity index (χ0) is 18.8. The smallest absolute Gasteiger partial charge is 0.253 e. The maximum atomic E-state index is 12.6. The third-order valence-corrected chi connectivity index (χ3v) is 6.12. The summed E-state index contributed by atoms with van der Waals surface area (Å²) in [6.45, 7) is 0.345. The molecule has 5 nitrogen and oxygen atoms in total. The van der Waals surface area contributed by atoms with Gasteiger partial charge < -0.3 is 4.90 Å². The number of rotatable bonds is 5. The molecule has 0 bridgehead atoms. The van der Waals surface area contributed by atoms with E-state index >= 15 is 0 Å². The highest BCUT2D eigenvalue weighted by molar-refractivity contribution is 7.89. The number of carbonyl (C=O) groups excluding carboxylic acids is 1. The maximum absolute atomic E-state index is 12.6. The topological polar surface area (TPSA) is 57.7 Å². The van der Waals surface area contributed by atoms with Crippen LogP contribution in [0.2, 0.25) is 10.0 Å². The molecule has 25 heavy (non-hydrogen) atoms. The first-order valence-electron chi connectivity index (χ1n) is 7.35. The number of hydrogen-bond acceptors (Lipinski definition) is 3. The van der Waals surface area contributed by atoms with Crippen molar-refractivity contribution < 1.29 is 13.2 Å². The van der Waals surface area contributed by atoms with Crippen molar-refractivity contribution >= 4 is 39.1 Å². The van der Waals surface area contributed by atoms with Crippen molar-refractivity contribution in [1.29, 1.82) is 0 Å². The van der Waals surface area contributed by atoms with Gasteiger partial charge in [0.1, 0.15) is 4.90 Å². The predicted molar refractivity (Wildman–Crippen MR) is 99.6 cm³/mol. The van der Waals surface area contributed by atoms with Gasteiger partial charge in [0.15, 0.2) is 0 Å². The van der Waals surface area contributed by atoms with Crippen LogP contribution in [-0.4, -0.2) is 44.7 Å². The van der Waals surface area contributed by atoms with Crippen molar-refractivity contribution in [3.05, 3.63) is 63.6 Å². The molecule has 2 aromatic rings. The first kappa shape index (κ1) is 19.7. The Kier molecular flexibility index (Phi) is 6.11. The van der Waals surface area contributed by atoms with E-state index in [-0.39, 0.29) is 21.4 Å². The molecule has 0 atom stereocenters. The number of benzene rings is 2. The quantitative estimate of drug-likeness (QED) is 0.771. The fourth-order valence-electron chi connectivity index (χ4n) is 2.23. The second-order valence-corrected chi connectivity index (χ2v) is 8.69. The number of amides is 1. The molecule has 8 heteroatoms. The third kappa shape index (κ3) is 4.52. The predicted octanol–water partition coefficient (Wildman–Crippen LogP) is 3.52. The van der Waals surface area contributed by atoms with E-state index in [2.05, 4.69) is 0 Å². The summed E-state index contributed by atoms with van der Waals surface area (Å²) in [5.41, 5.74) is 1.12. The first-order valence-corrected chi connectivity index (χ1v) is 9.54. The van der Waals surface area contributed by atoms with Crippen molar-refractivity contribution in [2.45, 2.75) is 11.4 Å². The van der Waals surface area contributed by atoms with Crippen molar-refractivity contribution in [2.24, 2.45) is 0 Å². The largest absolute Gasteiger partial charge is 0.337 e. The highest BCUT2D eigenvalue weighted by Gasteiger charge is 2.23. The lowest BCUT2D eigenvalue weighted by atomic mass is 10.1. The van der Waals surface area contributed by atoms with Gasteiger partial charge in [-0.2, -0.15) is 0 Å². The van der Waals surface area contributed by atoms with Crippen LogP contribution in [0.1, 0.15) is 15.9 Å². The number of sulfonamides is 1. The number of hydrogen-bond donors (Lipinski definition) is 0. The minimum absolute atomic E-state index is 0.0720. The van der Waals surface area contributed by atoms with Gasteiger partial charge in [-0.1, -0.05) is 35.3 Å². The van der Waals surface area contributed by atoms with E-state index in [1.54, 1.807) is 25.2 Å². The summed E-state index contributed by atoms with van der Waals surface area (Å²) in [5, 5.41) is 0.659. The van der Waals surface area contributed by atoms with E-state index in [0.717, 1.165) is 9.87 Å². The molecular weight excluding hydrogens is 383 g/mol. The SMILES string of the molecule is CN(Cc1cccc(Cl)c1)C(=O)c1ccc(Cl)c(S(=O)(=O)N(C)C)c1. The van der Waals surface area contributed by atoms with Gasteiger partial charge in [-0.3, -0.25) is 4.79 Å². The molecule has 0 aliphatic carbocycles. The molecule has 0 radical (unpaired) electrons. The molecular formula is C17H18Cl2N2O3S. The van der Waals surface area contributed by atoms with Gasteiger partial charge in [0.2, 0.25) is 10.0 Å². The molecule has 0 unspecified atom stereocenters. The van der Waals surface area contributed by atoms with Crippen LogP contribution in [0.4, 0.5) is 0 Å². The van der Waals surface area contributed by atoms with E-state index in [4.69, 9.17) is 23.2 Å². The van der Waals surface area contributed by atoms with Gasteiger partial charge in [0.25, 0.3) is 5.91 Å². The molecule has 0 aromatic heterocycles. The Labute approximate surface area is 157 Å². The number of carbonyl (C=O) groups is 1. The molecule has 0 N–H and O–H groups in total. The lowest BCUT2D eigenvalue weighted by Gasteiger charge is -2.19. The second-order valence-electron chi connectivity index (χ2n) is 5.72. The summed E-state index contributed by atoms with van der Waals surface area (Å²) in [6, 6.07) is 11.4. The molecule has 0 spiro atoms. The van der Waals surface area contributed by atoms with Crippen LogP contribution in [-0.2, 0) is 16.6 Å². The van der Waals surface area contributed by atoms with Gasteiger partial charge in [-0.15, -0.1) is 0 Å².